The molecule has 0 unspecified atom stereocenters. The first-order valence-corrected chi connectivity index (χ1v) is 6.16. The number of hydrogen-bond donors (Lipinski definition) is 1. The van der Waals surface area contributed by atoms with Crippen molar-refractivity contribution in [3.8, 4) is 0 Å². The Bertz CT molecular complexity index is 602. The molecule has 0 saturated carbocycles. The van der Waals surface area contributed by atoms with Crippen LogP contribution in [0.4, 0.5) is 4.39 Å². The van der Waals surface area contributed by atoms with E-state index in [9.17, 15) is 9.18 Å². The van der Waals surface area contributed by atoms with Gasteiger partial charge < -0.3 is 5.32 Å². The topological polar surface area (TPSA) is 42.0 Å². The van der Waals surface area contributed by atoms with Gasteiger partial charge in [-0.15, -0.1) is 0 Å². The van der Waals surface area contributed by atoms with Crippen LogP contribution in [0, 0.1) is 5.82 Å². The van der Waals surface area contributed by atoms with E-state index in [1.165, 1.54) is 12.3 Å². The van der Waals surface area contributed by atoms with Crippen LogP contribution in [0.2, 0.25) is 10.2 Å². The second kappa shape index (κ2) is 5.99. The van der Waals surface area contributed by atoms with Crippen molar-refractivity contribution in [1.29, 1.82) is 0 Å². The molecule has 0 radical (unpaired) electrons. The third kappa shape index (κ3) is 3.43. The van der Waals surface area contributed by atoms with Crippen LogP contribution in [0.15, 0.2) is 36.5 Å². The molecule has 0 fully saturated rings. The van der Waals surface area contributed by atoms with E-state index in [-0.39, 0.29) is 17.3 Å². The van der Waals surface area contributed by atoms with E-state index in [0.29, 0.717) is 5.02 Å². The van der Waals surface area contributed by atoms with Gasteiger partial charge in [0.15, 0.2) is 11.0 Å². The number of aromatic nitrogens is 1. The minimum atomic E-state index is -0.822. The molecular formula is C13H9Cl2FN2O. The van der Waals surface area contributed by atoms with Crippen LogP contribution in [0.25, 0.3) is 0 Å². The predicted octanol–water partition coefficient (Wildman–Crippen LogP) is 3.46. The van der Waals surface area contributed by atoms with Crippen molar-refractivity contribution in [2.45, 2.75) is 6.54 Å². The summed E-state index contributed by atoms with van der Waals surface area (Å²) in [5, 5.41) is 2.89. The van der Waals surface area contributed by atoms with Gasteiger partial charge in [0.05, 0.1) is 5.56 Å². The summed E-state index contributed by atoms with van der Waals surface area (Å²) >= 11 is 11.3. The molecule has 0 bridgehead atoms. The lowest BCUT2D eigenvalue weighted by molar-refractivity contribution is 0.0946. The van der Waals surface area contributed by atoms with E-state index in [4.69, 9.17) is 23.2 Å². The molecule has 0 aliphatic rings. The Hall–Kier alpha value is -1.65. The molecule has 1 N–H and O–H groups in total. The third-order valence-corrected chi connectivity index (χ3v) is 2.97. The number of hydrogen-bond acceptors (Lipinski definition) is 2. The average Bonchev–Trinajstić information content (AvgIpc) is 2.41. The number of carbonyl (C=O) groups excluding carboxylic acids is 1. The van der Waals surface area contributed by atoms with Gasteiger partial charge >= 0.3 is 0 Å². The lowest BCUT2D eigenvalue weighted by atomic mass is 10.2. The van der Waals surface area contributed by atoms with E-state index in [0.717, 1.165) is 5.56 Å². The number of nitrogens with one attached hydrogen (secondary N) is 1. The monoisotopic (exact) mass is 298 g/mol. The highest BCUT2D eigenvalue weighted by molar-refractivity contribution is 6.30. The quantitative estimate of drug-likeness (QED) is 0.882. The molecule has 0 aliphatic carbocycles. The third-order valence-electron chi connectivity index (χ3n) is 2.46. The minimum absolute atomic E-state index is 0.131. The Morgan fingerprint density at radius 1 is 1.21 bits per heavy atom. The van der Waals surface area contributed by atoms with Crippen LogP contribution in [0.3, 0.4) is 0 Å². The standard InChI is InChI=1S/C13H9Cl2FN2O/c14-9-3-1-8(2-4-9)7-18-13(19)10-5-6-17-12(15)11(10)16/h1-6H,7H2,(H,18,19). The first kappa shape index (κ1) is 13.8. The lowest BCUT2D eigenvalue weighted by Crippen LogP contribution is -2.24. The average molecular weight is 299 g/mol. The lowest BCUT2D eigenvalue weighted by Gasteiger charge is -2.06. The van der Waals surface area contributed by atoms with Crippen LogP contribution in [0.5, 0.6) is 0 Å². The molecule has 1 aromatic heterocycles. The number of rotatable bonds is 3. The van der Waals surface area contributed by atoms with Crippen molar-refractivity contribution in [3.05, 3.63) is 63.6 Å². The van der Waals surface area contributed by atoms with E-state index in [1.54, 1.807) is 24.3 Å². The van der Waals surface area contributed by atoms with Crippen LogP contribution >= 0.6 is 23.2 Å². The van der Waals surface area contributed by atoms with Crippen molar-refractivity contribution in [2.75, 3.05) is 0 Å². The minimum Gasteiger partial charge on any atom is -0.348 e. The maximum atomic E-state index is 13.6. The highest BCUT2D eigenvalue weighted by Crippen LogP contribution is 2.15. The van der Waals surface area contributed by atoms with Crippen LogP contribution in [-0.4, -0.2) is 10.9 Å². The Balaban J connectivity index is 2.05. The molecule has 0 aliphatic heterocycles. The van der Waals surface area contributed by atoms with Crippen LogP contribution < -0.4 is 5.32 Å². The summed E-state index contributed by atoms with van der Waals surface area (Å²) in [5.41, 5.74) is 0.729. The first-order valence-electron chi connectivity index (χ1n) is 5.40. The van der Waals surface area contributed by atoms with Gasteiger partial charge in [0, 0.05) is 17.8 Å². The van der Waals surface area contributed by atoms with E-state index < -0.39 is 11.7 Å². The molecule has 2 aromatic rings. The molecular weight excluding hydrogens is 290 g/mol. The number of nitrogens with zero attached hydrogens (tertiary/aromatic N) is 1. The van der Waals surface area contributed by atoms with Gasteiger partial charge in [-0.3, -0.25) is 4.79 Å². The summed E-state index contributed by atoms with van der Waals surface area (Å²) in [5.74, 6) is -1.37. The Kier molecular flexibility index (Phi) is 4.35. The Morgan fingerprint density at radius 3 is 2.58 bits per heavy atom. The second-order valence-corrected chi connectivity index (χ2v) is 4.57. The summed E-state index contributed by atoms with van der Waals surface area (Å²) < 4.78 is 13.6. The summed E-state index contributed by atoms with van der Waals surface area (Å²) in [6, 6.07) is 8.26. The van der Waals surface area contributed by atoms with Crippen LogP contribution in [-0.2, 0) is 6.54 Å². The summed E-state index contributed by atoms with van der Waals surface area (Å²) in [4.78, 5) is 15.3. The molecule has 1 amide bonds. The zero-order valence-corrected chi connectivity index (χ0v) is 11.2. The van der Waals surface area contributed by atoms with Crippen molar-refractivity contribution in [3.63, 3.8) is 0 Å². The zero-order valence-electron chi connectivity index (χ0n) is 9.66. The molecule has 2 rings (SSSR count). The fourth-order valence-electron chi connectivity index (χ4n) is 1.47. The highest BCUT2D eigenvalue weighted by atomic mass is 35.5. The zero-order chi connectivity index (χ0) is 13.8. The van der Waals surface area contributed by atoms with Gasteiger partial charge in [-0.25, -0.2) is 9.37 Å². The molecule has 1 heterocycles. The molecule has 6 heteroatoms. The molecule has 3 nitrogen and oxygen atoms in total. The molecule has 98 valence electrons. The van der Waals surface area contributed by atoms with Crippen molar-refractivity contribution >= 4 is 29.1 Å². The largest absolute Gasteiger partial charge is 0.348 e. The highest BCUT2D eigenvalue weighted by Gasteiger charge is 2.14. The summed E-state index contributed by atoms with van der Waals surface area (Å²) in [7, 11) is 0. The fraction of sp³-hybridized carbons (Fsp3) is 0.0769. The van der Waals surface area contributed by atoms with Gasteiger partial charge in [0.1, 0.15) is 0 Å². The molecule has 1 aromatic carbocycles. The summed E-state index contributed by atoms with van der Waals surface area (Å²) in [6.07, 6.45) is 1.28. The number of halogens is 3. The van der Waals surface area contributed by atoms with Gasteiger partial charge in [0.25, 0.3) is 5.91 Å². The van der Waals surface area contributed by atoms with Crippen molar-refractivity contribution < 1.29 is 9.18 Å². The number of carbonyl (C=O) groups is 1. The van der Waals surface area contributed by atoms with Gasteiger partial charge in [-0.2, -0.15) is 0 Å². The Labute approximate surface area is 119 Å². The maximum absolute atomic E-state index is 13.6. The summed E-state index contributed by atoms with van der Waals surface area (Å²) in [6.45, 7) is 0.273. The normalized spacial score (nSPS) is 10.3. The van der Waals surface area contributed by atoms with Crippen molar-refractivity contribution in [1.82, 2.24) is 10.3 Å². The first-order chi connectivity index (χ1) is 9.08. The number of amides is 1. The predicted molar refractivity (Wildman–Crippen MR) is 71.8 cm³/mol. The smallest absolute Gasteiger partial charge is 0.254 e. The molecule has 0 spiro atoms. The number of benzene rings is 1. The van der Waals surface area contributed by atoms with E-state index in [2.05, 4.69) is 10.3 Å². The van der Waals surface area contributed by atoms with Crippen LogP contribution in [0.1, 0.15) is 15.9 Å². The molecule has 0 saturated heterocycles. The molecule has 0 atom stereocenters. The van der Waals surface area contributed by atoms with Gasteiger partial charge in [-0.1, -0.05) is 35.3 Å². The number of pyridine rings is 1. The van der Waals surface area contributed by atoms with Crippen molar-refractivity contribution in [2.24, 2.45) is 0 Å². The second-order valence-electron chi connectivity index (χ2n) is 3.77. The molecule has 19 heavy (non-hydrogen) atoms. The van der Waals surface area contributed by atoms with E-state index >= 15 is 0 Å². The van der Waals surface area contributed by atoms with E-state index in [1.807, 2.05) is 0 Å². The van der Waals surface area contributed by atoms with Gasteiger partial charge in [0.2, 0.25) is 0 Å². The maximum Gasteiger partial charge on any atom is 0.254 e. The Morgan fingerprint density at radius 2 is 1.89 bits per heavy atom. The van der Waals surface area contributed by atoms with Gasteiger partial charge in [-0.05, 0) is 23.8 Å². The fourth-order valence-corrected chi connectivity index (χ4v) is 1.76. The SMILES string of the molecule is O=C(NCc1ccc(Cl)cc1)c1ccnc(Cl)c1F.